The number of hydrogen-bond acceptors (Lipinski definition) is 3. The van der Waals surface area contributed by atoms with Crippen LogP contribution in [0.25, 0.3) is 0 Å². The van der Waals surface area contributed by atoms with Crippen molar-refractivity contribution >= 4 is 17.5 Å². The van der Waals surface area contributed by atoms with Crippen LogP contribution < -0.4 is 10.5 Å². The van der Waals surface area contributed by atoms with Crippen LogP contribution in [-0.4, -0.2) is 37.0 Å². The van der Waals surface area contributed by atoms with E-state index < -0.39 is 0 Å². The van der Waals surface area contributed by atoms with E-state index in [-0.39, 0.29) is 18.6 Å². The van der Waals surface area contributed by atoms with Gasteiger partial charge >= 0.3 is 0 Å². The van der Waals surface area contributed by atoms with Gasteiger partial charge in [-0.25, -0.2) is 0 Å². The van der Waals surface area contributed by atoms with Crippen molar-refractivity contribution in [2.24, 2.45) is 11.7 Å². The van der Waals surface area contributed by atoms with E-state index in [1.54, 1.807) is 29.2 Å². The van der Waals surface area contributed by atoms with E-state index in [2.05, 4.69) is 0 Å². The summed E-state index contributed by atoms with van der Waals surface area (Å²) in [7, 11) is 1.85. The first-order valence-electron chi connectivity index (χ1n) is 7.46. The lowest BCUT2D eigenvalue weighted by atomic mass is 9.83. The molecule has 1 aliphatic carbocycles. The molecule has 1 aromatic carbocycles. The van der Waals surface area contributed by atoms with Crippen LogP contribution in [0.2, 0.25) is 5.02 Å². The van der Waals surface area contributed by atoms with E-state index in [1.165, 1.54) is 6.42 Å². The van der Waals surface area contributed by atoms with Gasteiger partial charge in [0.25, 0.3) is 5.91 Å². The molecule has 2 atom stereocenters. The maximum Gasteiger partial charge on any atom is 0.260 e. The normalized spacial score (nSPS) is 21.9. The molecule has 2 unspecified atom stereocenters. The van der Waals surface area contributed by atoms with Crippen LogP contribution in [0.1, 0.15) is 25.7 Å². The molecule has 0 spiro atoms. The summed E-state index contributed by atoms with van der Waals surface area (Å²) >= 11 is 5.89. The Hall–Kier alpha value is -1.26. The zero-order chi connectivity index (χ0) is 15.2. The second-order valence-corrected chi connectivity index (χ2v) is 6.03. The Balaban J connectivity index is 1.90. The number of carbonyl (C=O) groups excluding carboxylic acids is 1. The average Bonchev–Trinajstić information content (AvgIpc) is 2.52. The smallest absolute Gasteiger partial charge is 0.260 e. The van der Waals surface area contributed by atoms with Gasteiger partial charge in [0.15, 0.2) is 6.61 Å². The molecule has 0 bridgehead atoms. The number of halogens is 1. The summed E-state index contributed by atoms with van der Waals surface area (Å²) in [6.07, 6.45) is 4.50. The molecule has 5 heteroatoms. The van der Waals surface area contributed by atoms with Crippen molar-refractivity contribution in [1.29, 1.82) is 0 Å². The van der Waals surface area contributed by atoms with Crippen LogP contribution in [-0.2, 0) is 4.79 Å². The van der Waals surface area contributed by atoms with Gasteiger partial charge in [-0.15, -0.1) is 0 Å². The van der Waals surface area contributed by atoms with E-state index in [0.717, 1.165) is 19.3 Å². The number of nitrogens with zero attached hydrogens (tertiary/aromatic N) is 1. The molecule has 2 N–H and O–H groups in total. The summed E-state index contributed by atoms with van der Waals surface area (Å²) in [6.45, 7) is 0.669. The summed E-state index contributed by atoms with van der Waals surface area (Å²) in [5.41, 5.74) is 5.83. The van der Waals surface area contributed by atoms with Crippen LogP contribution in [0.5, 0.6) is 5.75 Å². The Morgan fingerprint density at radius 3 is 2.90 bits per heavy atom. The standard InChI is InChI=1S/C16H23ClN2O2/c1-19(15-8-3-2-5-12(15)10-18)16(20)11-21-14-7-4-6-13(17)9-14/h4,6-7,9,12,15H,2-3,5,8,10-11,18H2,1H3. The van der Waals surface area contributed by atoms with Gasteiger partial charge in [-0.1, -0.05) is 30.5 Å². The van der Waals surface area contributed by atoms with Gasteiger partial charge in [-0.3, -0.25) is 4.79 Å². The van der Waals surface area contributed by atoms with Crippen molar-refractivity contribution in [3.05, 3.63) is 29.3 Å². The second kappa shape index (κ2) is 7.66. The molecule has 0 aromatic heterocycles. The number of ether oxygens (including phenoxy) is 1. The predicted molar refractivity (Wildman–Crippen MR) is 84.5 cm³/mol. The fourth-order valence-corrected chi connectivity index (χ4v) is 3.14. The Morgan fingerprint density at radius 2 is 2.19 bits per heavy atom. The Bertz CT molecular complexity index is 481. The number of carbonyl (C=O) groups is 1. The van der Waals surface area contributed by atoms with Crippen molar-refractivity contribution in [3.8, 4) is 5.75 Å². The molecule has 0 aliphatic heterocycles. The third-order valence-electron chi connectivity index (χ3n) is 4.22. The Labute approximate surface area is 131 Å². The predicted octanol–water partition coefficient (Wildman–Crippen LogP) is 2.69. The minimum absolute atomic E-state index is 0.0136. The molecule has 0 heterocycles. The highest BCUT2D eigenvalue weighted by atomic mass is 35.5. The number of rotatable bonds is 5. The molecule has 1 amide bonds. The molecule has 116 valence electrons. The highest BCUT2D eigenvalue weighted by Gasteiger charge is 2.29. The van der Waals surface area contributed by atoms with Gasteiger partial charge in [-0.05, 0) is 43.5 Å². The van der Waals surface area contributed by atoms with Crippen LogP contribution in [0, 0.1) is 5.92 Å². The van der Waals surface area contributed by atoms with Gasteiger partial charge in [0.05, 0.1) is 0 Å². The third-order valence-corrected chi connectivity index (χ3v) is 4.46. The summed E-state index contributed by atoms with van der Waals surface area (Å²) < 4.78 is 5.52. The van der Waals surface area contributed by atoms with Crippen molar-refractivity contribution < 1.29 is 9.53 Å². The fourth-order valence-electron chi connectivity index (χ4n) is 2.96. The van der Waals surface area contributed by atoms with Gasteiger partial charge in [0, 0.05) is 18.1 Å². The Morgan fingerprint density at radius 1 is 1.43 bits per heavy atom. The van der Waals surface area contributed by atoms with Gasteiger partial charge in [0.2, 0.25) is 0 Å². The highest BCUT2D eigenvalue weighted by molar-refractivity contribution is 6.30. The molecular formula is C16H23ClN2O2. The van der Waals surface area contributed by atoms with E-state index in [9.17, 15) is 4.79 Å². The van der Waals surface area contributed by atoms with Crippen LogP contribution in [0.4, 0.5) is 0 Å². The first-order chi connectivity index (χ1) is 10.1. The Kier molecular flexibility index (Phi) is 5.88. The lowest BCUT2D eigenvalue weighted by Crippen LogP contribution is -2.47. The molecular weight excluding hydrogens is 288 g/mol. The van der Waals surface area contributed by atoms with Gasteiger partial charge < -0.3 is 15.4 Å². The van der Waals surface area contributed by atoms with E-state index in [4.69, 9.17) is 22.1 Å². The maximum atomic E-state index is 12.3. The zero-order valence-electron chi connectivity index (χ0n) is 12.4. The summed E-state index contributed by atoms with van der Waals surface area (Å²) in [5.74, 6) is 1.00. The molecule has 1 fully saturated rings. The molecule has 1 aliphatic rings. The maximum absolute atomic E-state index is 12.3. The highest BCUT2D eigenvalue weighted by Crippen LogP contribution is 2.27. The molecule has 0 radical (unpaired) electrons. The first-order valence-corrected chi connectivity index (χ1v) is 7.83. The van der Waals surface area contributed by atoms with Crippen LogP contribution >= 0.6 is 11.6 Å². The minimum Gasteiger partial charge on any atom is -0.484 e. The van der Waals surface area contributed by atoms with E-state index in [0.29, 0.717) is 23.2 Å². The summed E-state index contributed by atoms with van der Waals surface area (Å²) in [6, 6.07) is 7.31. The average molecular weight is 311 g/mol. The van der Waals surface area contributed by atoms with Crippen molar-refractivity contribution in [2.75, 3.05) is 20.2 Å². The first kappa shape index (κ1) is 16.1. The van der Waals surface area contributed by atoms with Crippen LogP contribution in [0.15, 0.2) is 24.3 Å². The third kappa shape index (κ3) is 4.35. The molecule has 1 saturated carbocycles. The zero-order valence-corrected chi connectivity index (χ0v) is 13.2. The van der Waals surface area contributed by atoms with Crippen molar-refractivity contribution in [2.45, 2.75) is 31.7 Å². The largest absolute Gasteiger partial charge is 0.484 e. The molecule has 21 heavy (non-hydrogen) atoms. The fraction of sp³-hybridized carbons (Fsp3) is 0.562. The lowest BCUT2D eigenvalue weighted by Gasteiger charge is -2.37. The quantitative estimate of drug-likeness (QED) is 0.909. The van der Waals surface area contributed by atoms with E-state index >= 15 is 0 Å². The minimum atomic E-state index is -0.0136. The van der Waals surface area contributed by atoms with Gasteiger partial charge in [-0.2, -0.15) is 0 Å². The topological polar surface area (TPSA) is 55.6 Å². The molecule has 2 rings (SSSR count). The van der Waals surface area contributed by atoms with Crippen molar-refractivity contribution in [1.82, 2.24) is 4.90 Å². The SMILES string of the molecule is CN(C(=O)COc1cccc(Cl)c1)C1CCCCC1CN. The van der Waals surface area contributed by atoms with Gasteiger partial charge in [0.1, 0.15) is 5.75 Å². The van der Waals surface area contributed by atoms with E-state index in [1.807, 2.05) is 7.05 Å². The second-order valence-electron chi connectivity index (χ2n) is 5.60. The number of nitrogens with two attached hydrogens (primary N) is 1. The molecule has 4 nitrogen and oxygen atoms in total. The monoisotopic (exact) mass is 310 g/mol. The van der Waals surface area contributed by atoms with Crippen LogP contribution in [0.3, 0.4) is 0 Å². The summed E-state index contributed by atoms with van der Waals surface area (Å²) in [4.78, 5) is 14.1. The number of likely N-dealkylation sites (N-methyl/N-ethyl adjacent to an activating group) is 1. The lowest BCUT2D eigenvalue weighted by molar-refractivity contribution is -0.135. The molecule has 1 aromatic rings. The number of hydrogen-bond donors (Lipinski definition) is 1. The van der Waals surface area contributed by atoms with Crippen molar-refractivity contribution in [3.63, 3.8) is 0 Å². The summed E-state index contributed by atoms with van der Waals surface area (Å²) in [5, 5.41) is 0.601. The number of amides is 1. The molecule has 0 saturated heterocycles. The number of benzene rings is 1.